The van der Waals surface area contributed by atoms with E-state index in [0.717, 1.165) is 29.5 Å². The smallest absolute Gasteiger partial charge is 0.309 e. The van der Waals surface area contributed by atoms with E-state index in [9.17, 15) is 18.0 Å². The number of hydrogen-bond acceptors (Lipinski definition) is 5. The Morgan fingerprint density at radius 1 is 0.969 bits per heavy atom. The van der Waals surface area contributed by atoms with E-state index in [1.807, 2.05) is 32.9 Å². The van der Waals surface area contributed by atoms with Gasteiger partial charge in [-0.3, -0.25) is 9.59 Å². The summed E-state index contributed by atoms with van der Waals surface area (Å²) in [5.74, 6) is -0.323. The van der Waals surface area contributed by atoms with E-state index >= 15 is 0 Å². The number of rotatable bonds is 5. The maximum Gasteiger partial charge on any atom is 0.309 e. The second-order valence-corrected chi connectivity index (χ2v) is 11.4. The van der Waals surface area contributed by atoms with Gasteiger partial charge in [-0.15, -0.1) is 0 Å². The summed E-state index contributed by atoms with van der Waals surface area (Å²) in [6.45, 7) is 11.3. The number of esters is 1. The number of piperidine rings is 2. The lowest BCUT2D eigenvalue weighted by atomic mass is 9.98. The zero-order chi connectivity index (χ0) is 23.6. The quantitative estimate of drug-likeness (QED) is 0.625. The molecule has 8 heteroatoms. The number of hydrogen-bond donors (Lipinski definition) is 0. The van der Waals surface area contributed by atoms with E-state index in [-0.39, 0.29) is 19.0 Å². The average Bonchev–Trinajstić information content (AvgIpc) is 2.72. The number of amides is 1. The highest BCUT2D eigenvalue weighted by molar-refractivity contribution is 7.89. The van der Waals surface area contributed by atoms with Crippen LogP contribution in [0.3, 0.4) is 0 Å². The second kappa shape index (κ2) is 9.91. The minimum atomic E-state index is -3.62. The Hall–Kier alpha value is -1.93. The molecule has 7 nitrogen and oxygen atoms in total. The van der Waals surface area contributed by atoms with E-state index < -0.39 is 28.0 Å². The number of carbonyl (C=O) groups is 2. The lowest BCUT2D eigenvalue weighted by Gasteiger charge is -2.33. The fourth-order valence-electron chi connectivity index (χ4n) is 4.84. The lowest BCUT2D eigenvalue weighted by molar-refractivity contribution is -0.164. The molecular weight excluding hydrogens is 428 g/mol. The van der Waals surface area contributed by atoms with Crippen LogP contribution >= 0.6 is 0 Å². The third-order valence-electron chi connectivity index (χ3n) is 6.73. The summed E-state index contributed by atoms with van der Waals surface area (Å²) >= 11 is 0. The molecule has 1 aromatic rings. The fraction of sp³-hybridized carbons (Fsp3) is 0.667. The number of sulfonamides is 1. The van der Waals surface area contributed by atoms with Crippen molar-refractivity contribution in [1.29, 1.82) is 0 Å². The highest BCUT2D eigenvalue weighted by Gasteiger charge is 2.36. The second-order valence-electron chi connectivity index (χ2n) is 9.49. The molecule has 0 bridgehead atoms. The number of nitrogens with zero attached hydrogens (tertiary/aromatic N) is 2. The zero-order valence-electron chi connectivity index (χ0n) is 19.9. The number of likely N-dealkylation sites (tertiary alicyclic amines) is 1. The first-order chi connectivity index (χ1) is 15.0. The molecule has 0 aliphatic carbocycles. The molecule has 0 saturated carbocycles. The van der Waals surface area contributed by atoms with Crippen molar-refractivity contribution in [1.82, 2.24) is 9.21 Å². The first-order valence-corrected chi connectivity index (χ1v) is 13.0. The van der Waals surface area contributed by atoms with E-state index in [0.29, 0.717) is 36.7 Å². The van der Waals surface area contributed by atoms with Crippen molar-refractivity contribution in [2.75, 3.05) is 26.2 Å². The number of benzene rings is 1. The van der Waals surface area contributed by atoms with Gasteiger partial charge in [0.25, 0.3) is 5.91 Å². The predicted octanol–water partition coefficient (Wildman–Crippen LogP) is 3.20. The van der Waals surface area contributed by atoms with Gasteiger partial charge in [-0.25, -0.2) is 8.42 Å². The summed E-state index contributed by atoms with van der Waals surface area (Å²) in [5, 5.41) is 0. The molecule has 3 rings (SSSR count). The number of aryl methyl sites for hydroxylation is 3. The van der Waals surface area contributed by atoms with Crippen LogP contribution in [0.2, 0.25) is 0 Å². The van der Waals surface area contributed by atoms with Crippen LogP contribution in [0.25, 0.3) is 0 Å². The molecule has 2 aliphatic rings. The summed E-state index contributed by atoms with van der Waals surface area (Å²) in [4.78, 5) is 27.4. The molecule has 0 aromatic heterocycles. The molecule has 1 aromatic carbocycles. The van der Waals surface area contributed by atoms with Crippen LogP contribution in [-0.4, -0.2) is 61.8 Å². The standard InChI is InChI=1S/C24H36N2O5S/c1-16-6-10-25(11-7-16)23(27)20(5)31-24(28)21-8-12-26(13-9-21)32(29,30)22-18(3)14-17(2)15-19(22)4/h14-16,20-21H,6-13H2,1-5H3/t20-/m0/s1. The molecule has 178 valence electrons. The molecule has 0 N–H and O–H groups in total. The normalized spacial score (nSPS) is 20.2. The predicted molar refractivity (Wildman–Crippen MR) is 123 cm³/mol. The van der Waals surface area contributed by atoms with Crippen molar-refractivity contribution in [3.63, 3.8) is 0 Å². The van der Waals surface area contributed by atoms with Crippen LogP contribution in [-0.2, 0) is 24.3 Å². The van der Waals surface area contributed by atoms with Crippen LogP contribution in [0.5, 0.6) is 0 Å². The lowest BCUT2D eigenvalue weighted by Crippen LogP contribution is -2.45. The van der Waals surface area contributed by atoms with E-state index in [4.69, 9.17) is 4.74 Å². The largest absolute Gasteiger partial charge is 0.452 e. The SMILES string of the molecule is Cc1cc(C)c(S(=O)(=O)N2CCC(C(=O)O[C@@H](C)C(=O)N3CCC(C)CC3)CC2)c(C)c1. The van der Waals surface area contributed by atoms with Gasteiger partial charge >= 0.3 is 5.97 Å². The van der Waals surface area contributed by atoms with Crippen molar-refractivity contribution < 1.29 is 22.7 Å². The van der Waals surface area contributed by atoms with Crippen LogP contribution in [0.1, 0.15) is 56.2 Å². The maximum atomic E-state index is 13.2. The average molecular weight is 465 g/mol. The van der Waals surface area contributed by atoms with Crippen molar-refractivity contribution in [2.24, 2.45) is 11.8 Å². The number of ether oxygens (including phenoxy) is 1. The van der Waals surface area contributed by atoms with Crippen LogP contribution in [0, 0.1) is 32.6 Å². The summed E-state index contributed by atoms with van der Waals surface area (Å²) in [7, 11) is -3.62. The third-order valence-corrected chi connectivity index (χ3v) is 8.93. The first kappa shape index (κ1) is 24.7. The summed E-state index contributed by atoms with van der Waals surface area (Å²) in [6.07, 6.45) is 1.92. The zero-order valence-corrected chi connectivity index (χ0v) is 20.7. The first-order valence-electron chi connectivity index (χ1n) is 11.6. The Bertz CT molecular complexity index is 936. The topological polar surface area (TPSA) is 84.0 Å². The molecule has 0 spiro atoms. The van der Waals surface area contributed by atoms with Crippen LogP contribution in [0.4, 0.5) is 0 Å². The molecule has 1 amide bonds. The molecule has 0 radical (unpaired) electrons. The van der Waals surface area contributed by atoms with Crippen LogP contribution in [0.15, 0.2) is 17.0 Å². The third kappa shape index (κ3) is 5.34. The molecule has 2 saturated heterocycles. The summed E-state index contributed by atoms with van der Waals surface area (Å²) in [5.41, 5.74) is 2.51. The van der Waals surface area contributed by atoms with Crippen LogP contribution < -0.4 is 0 Å². The molecule has 2 fully saturated rings. The van der Waals surface area contributed by atoms with E-state index in [2.05, 4.69) is 6.92 Å². The Balaban J connectivity index is 1.57. The summed E-state index contributed by atoms with van der Waals surface area (Å²) < 4.78 is 33.4. The van der Waals surface area contributed by atoms with Gasteiger partial charge in [0.2, 0.25) is 10.0 Å². The van der Waals surface area contributed by atoms with Gasteiger partial charge in [-0.05, 0) is 70.4 Å². The fourth-order valence-corrected chi connectivity index (χ4v) is 6.72. The monoisotopic (exact) mass is 464 g/mol. The highest BCUT2D eigenvalue weighted by atomic mass is 32.2. The van der Waals surface area contributed by atoms with E-state index in [1.54, 1.807) is 11.8 Å². The molecule has 0 unspecified atom stereocenters. The highest BCUT2D eigenvalue weighted by Crippen LogP contribution is 2.29. The van der Waals surface area contributed by atoms with Crippen molar-refractivity contribution in [3.05, 3.63) is 28.8 Å². The Morgan fingerprint density at radius 2 is 1.50 bits per heavy atom. The minimum absolute atomic E-state index is 0.143. The summed E-state index contributed by atoms with van der Waals surface area (Å²) in [6, 6.07) is 3.76. The Morgan fingerprint density at radius 3 is 2.03 bits per heavy atom. The molecular formula is C24H36N2O5S. The van der Waals surface area contributed by atoms with Gasteiger partial charge in [0.05, 0.1) is 10.8 Å². The van der Waals surface area contributed by atoms with Gasteiger partial charge in [-0.2, -0.15) is 4.31 Å². The molecule has 2 heterocycles. The van der Waals surface area contributed by atoms with Gasteiger partial charge in [0.1, 0.15) is 0 Å². The number of carbonyl (C=O) groups excluding carboxylic acids is 2. The van der Waals surface area contributed by atoms with Crippen molar-refractivity contribution >= 4 is 21.9 Å². The van der Waals surface area contributed by atoms with E-state index in [1.165, 1.54) is 4.31 Å². The maximum absolute atomic E-state index is 13.2. The Labute approximate surface area is 192 Å². The Kier molecular flexibility index (Phi) is 7.65. The van der Waals surface area contributed by atoms with Gasteiger partial charge < -0.3 is 9.64 Å². The van der Waals surface area contributed by atoms with Gasteiger partial charge in [0.15, 0.2) is 6.10 Å². The molecule has 32 heavy (non-hydrogen) atoms. The molecule has 1 atom stereocenters. The van der Waals surface area contributed by atoms with Gasteiger partial charge in [-0.1, -0.05) is 24.6 Å². The minimum Gasteiger partial charge on any atom is -0.452 e. The van der Waals surface area contributed by atoms with Gasteiger partial charge in [0, 0.05) is 26.2 Å². The van der Waals surface area contributed by atoms with Crippen molar-refractivity contribution in [3.8, 4) is 0 Å². The molecule has 2 aliphatic heterocycles. The van der Waals surface area contributed by atoms with Crippen molar-refractivity contribution in [2.45, 2.75) is 71.3 Å².